The first-order valence-electron chi connectivity index (χ1n) is 10.7. The average molecular weight is 388 g/mol. The average Bonchev–Trinajstić information content (AvgIpc) is 3.05. The van der Waals surface area contributed by atoms with Crippen LogP contribution in [0.4, 0.5) is 0 Å². The number of rotatable bonds is 6. The maximum absolute atomic E-state index is 12.6. The third-order valence-electron chi connectivity index (χ3n) is 6.58. The summed E-state index contributed by atoms with van der Waals surface area (Å²) in [6.07, 6.45) is 4.81. The Morgan fingerprint density at radius 2 is 1.93 bits per heavy atom. The van der Waals surface area contributed by atoms with Crippen molar-refractivity contribution in [1.82, 2.24) is 15.1 Å². The van der Waals surface area contributed by atoms with E-state index in [1.165, 1.54) is 19.4 Å². The van der Waals surface area contributed by atoms with Gasteiger partial charge >= 0.3 is 0 Å². The van der Waals surface area contributed by atoms with Crippen LogP contribution in [0, 0.1) is 5.92 Å². The van der Waals surface area contributed by atoms with Gasteiger partial charge in [-0.25, -0.2) is 0 Å². The number of amides is 1. The summed E-state index contributed by atoms with van der Waals surface area (Å²) < 4.78 is 10.9. The Bertz CT molecular complexity index is 662. The quantitative estimate of drug-likeness (QED) is 0.808. The Kier molecular flexibility index (Phi) is 6.50. The topological polar surface area (TPSA) is 54.0 Å². The summed E-state index contributed by atoms with van der Waals surface area (Å²) in [4.78, 5) is 17.7. The number of nitrogens with zero attached hydrogens (tertiary/aromatic N) is 2. The molecule has 0 unspecified atom stereocenters. The predicted octanol–water partition coefficient (Wildman–Crippen LogP) is 1.89. The number of benzene rings is 1. The third-order valence-corrected chi connectivity index (χ3v) is 6.58. The van der Waals surface area contributed by atoms with Crippen molar-refractivity contribution in [2.24, 2.45) is 5.92 Å². The molecular formula is C22H33N3O3. The SMILES string of the molecule is COc1ccccc1CNC(=O)CN1C[C@@H]2CC[C@H]1CN(C1CCOCC1)C2. The van der Waals surface area contributed by atoms with Crippen LogP contribution in [0.15, 0.2) is 24.3 Å². The number of hydrogen-bond acceptors (Lipinski definition) is 5. The summed E-state index contributed by atoms with van der Waals surface area (Å²) in [5.41, 5.74) is 1.02. The van der Waals surface area contributed by atoms with Crippen LogP contribution < -0.4 is 10.1 Å². The van der Waals surface area contributed by atoms with Crippen LogP contribution in [0.3, 0.4) is 0 Å². The van der Waals surface area contributed by atoms with E-state index in [9.17, 15) is 4.79 Å². The third kappa shape index (κ3) is 4.67. The van der Waals surface area contributed by atoms with E-state index in [2.05, 4.69) is 15.1 Å². The van der Waals surface area contributed by atoms with Gasteiger partial charge in [-0.1, -0.05) is 18.2 Å². The first kappa shape index (κ1) is 19.7. The van der Waals surface area contributed by atoms with Crippen LogP contribution in [-0.4, -0.2) is 74.3 Å². The van der Waals surface area contributed by atoms with Crippen molar-refractivity contribution in [3.8, 4) is 5.75 Å². The largest absolute Gasteiger partial charge is 0.496 e. The molecule has 6 nitrogen and oxygen atoms in total. The molecule has 1 aromatic rings. The molecule has 4 saturated heterocycles. The highest BCUT2D eigenvalue weighted by molar-refractivity contribution is 5.78. The van der Waals surface area contributed by atoms with Gasteiger partial charge in [0.2, 0.25) is 5.91 Å². The number of para-hydroxylation sites is 1. The lowest BCUT2D eigenvalue weighted by Gasteiger charge is -2.36. The van der Waals surface area contributed by atoms with Gasteiger partial charge in [-0.2, -0.15) is 0 Å². The van der Waals surface area contributed by atoms with Crippen molar-refractivity contribution in [3.63, 3.8) is 0 Å². The van der Waals surface area contributed by atoms with Crippen molar-refractivity contribution in [2.45, 2.75) is 44.3 Å². The molecule has 154 valence electrons. The number of piperidine rings is 1. The molecule has 2 atom stereocenters. The molecule has 2 bridgehead atoms. The molecule has 0 saturated carbocycles. The van der Waals surface area contributed by atoms with Crippen molar-refractivity contribution >= 4 is 5.91 Å². The van der Waals surface area contributed by atoms with Gasteiger partial charge in [-0.05, 0) is 37.7 Å². The van der Waals surface area contributed by atoms with Crippen molar-refractivity contribution in [2.75, 3.05) is 46.5 Å². The normalized spacial score (nSPS) is 26.8. The lowest BCUT2D eigenvalue weighted by molar-refractivity contribution is -0.123. The predicted molar refractivity (Wildman–Crippen MR) is 108 cm³/mol. The molecule has 5 rings (SSSR count). The summed E-state index contributed by atoms with van der Waals surface area (Å²) in [6.45, 7) is 6.13. The summed E-state index contributed by atoms with van der Waals surface area (Å²) in [5.74, 6) is 1.61. The van der Waals surface area contributed by atoms with Crippen LogP contribution in [-0.2, 0) is 16.1 Å². The number of fused-ring (bicyclic) bond motifs is 4. The highest BCUT2D eigenvalue weighted by Crippen LogP contribution is 2.30. The Morgan fingerprint density at radius 1 is 1.11 bits per heavy atom. The van der Waals surface area contributed by atoms with Gasteiger partial charge in [-0.15, -0.1) is 0 Å². The fourth-order valence-electron chi connectivity index (χ4n) is 5.04. The molecule has 0 radical (unpaired) electrons. The fourth-order valence-corrected chi connectivity index (χ4v) is 5.04. The number of carbonyl (C=O) groups is 1. The zero-order chi connectivity index (χ0) is 19.3. The fraction of sp³-hybridized carbons (Fsp3) is 0.682. The van der Waals surface area contributed by atoms with Crippen LogP contribution in [0.25, 0.3) is 0 Å². The number of ether oxygens (including phenoxy) is 2. The Hall–Kier alpha value is -1.63. The van der Waals surface area contributed by atoms with E-state index in [1.807, 2.05) is 24.3 Å². The monoisotopic (exact) mass is 387 g/mol. The molecule has 4 aliphatic heterocycles. The minimum atomic E-state index is 0.107. The molecule has 0 spiro atoms. The first-order chi connectivity index (χ1) is 13.7. The van der Waals surface area contributed by atoms with E-state index < -0.39 is 0 Å². The maximum atomic E-state index is 12.6. The first-order valence-corrected chi connectivity index (χ1v) is 10.7. The number of nitrogens with one attached hydrogen (secondary N) is 1. The highest BCUT2D eigenvalue weighted by atomic mass is 16.5. The van der Waals surface area contributed by atoms with Crippen molar-refractivity contribution in [3.05, 3.63) is 29.8 Å². The second-order valence-corrected chi connectivity index (χ2v) is 8.41. The molecular weight excluding hydrogens is 354 g/mol. The zero-order valence-corrected chi connectivity index (χ0v) is 16.9. The maximum Gasteiger partial charge on any atom is 0.234 e. The lowest BCUT2D eigenvalue weighted by atomic mass is 9.95. The molecule has 1 aromatic carbocycles. The van der Waals surface area contributed by atoms with E-state index in [4.69, 9.17) is 9.47 Å². The molecule has 6 heteroatoms. The van der Waals surface area contributed by atoms with Gasteiger partial charge in [0.1, 0.15) is 5.75 Å². The number of methoxy groups -OCH3 is 1. The van der Waals surface area contributed by atoms with Crippen molar-refractivity contribution in [1.29, 1.82) is 0 Å². The molecule has 4 fully saturated rings. The number of hydrogen-bond donors (Lipinski definition) is 1. The lowest BCUT2D eigenvalue weighted by Crippen LogP contribution is -2.49. The van der Waals surface area contributed by atoms with Crippen LogP contribution >= 0.6 is 0 Å². The van der Waals surface area contributed by atoms with Crippen LogP contribution in [0.5, 0.6) is 5.75 Å². The van der Waals surface area contributed by atoms with E-state index in [0.717, 1.165) is 50.5 Å². The van der Waals surface area contributed by atoms with Crippen molar-refractivity contribution < 1.29 is 14.3 Å². The zero-order valence-electron chi connectivity index (χ0n) is 16.9. The Morgan fingerprint density at radius 3 is 2.75 bits per heavy atom. The second-order valence-electron chi connectivity index (χ2n) is 8.41. The standard InChI is InChI=1S/C22H33N3O3/c1-27-21-5-3-2-4-18(21)12-23-22(26)16-25-14-17-6-7-20(25)15-24(13-17)19-8-10-28-11-9-19/h2-5,17,19-20H,6-16H2,1H3,(H,23,26)/t17-,20+/m1/s1. The molecule has 0 aliphatic carbocycles. The molecule has 4 heterocycles. The van der Waals surface area contributed by atoms with Crippen LogP contribution in [0.2, 0.25) is 0 Å². The Labute approximate surface area is 168 Å². The molecule has 28 heavy (non-hydrogen) atoms. The number of carbonyl (C=O) groups excluding carboxylic acids is 1. The molecule has 1 amide bonds. The minimum Gasteiger partial charge on any atom is -0.496 e. The highest BCUT2D eigenvalue weighted by Gasteiger charge is 2.37. The van der Waals surface area contributed by atoms with Gasteiger partial charge in [0.25, 0.3) is 0 Å². The summed E-state index contributed by atoms with van der Waals surface area (Å²) >= 11 is 0. The van der Waals surface area contributed by atoms with E-state index in [-0.39, 0.29) is 5.91 Å². The second kappa shape index (κ2) is 9.25. The van der Waals surface area contributed by atoms with E-state index in [1.54, 1.807) is 7.11 Å². The summed E-state index contributed by atoms with van der Waals surface area (Å²) in [6, 6.07) is 9.01. The smallest absolute Gasteiger partial charge is 0.234 e. The molecule has 4 aliphatic rings. The van der Waals surface area contributed by atoms with E-state index in [0.29, 0.717) is 31.1 Å². The van der Waals surface area contributed by atoms with Gasteiger partial charge in [0, 0.05) is 57.0 Å². The van der Waals surface area contributed by atoms with E-state index >= 15 is 0 Å². The minimum absolute atomic E-state index is 0.107. The summed E-state index contributed by atoms with van der Waals surface area (Å²) in [7, 11) is 1.67. The molecule has 1 N–H and O–H groups in total. The van der Waals surface area contributed by atoms with Gasteiger partial charge in [0.05, 0.1) is 13.7 Å². The van der Waals surface area contributed by atoms with Crippen LogP contribution in [0.1, 0.15) is 31.2 Å². The Balaban J connectivity index is 1.31. The van der Waals surface area contributed by atoms with Gasteiger partial charge < -0.3 is 14.8 Å². The molecule has 0 aromatic heterocycles. The van der Waals surface area contributed by atoms with Gasteiger partial charge in [0.15, 0.2) is 0 Å². The summed E-state index contributed by atoms with van der Waals surface area (Å²) in [5, 5.41) is 3.08. The van der Waals surface area contributed by atoms with Gasteiger partial charge in [-0.3, -0.25) is 14.6 Å².